The fraction of sp³-hybridized carbons (Fsp3) is 0.167. The van der Waals surface area contributed by atoms with Crippen molar-refractivity contribution in [3.8, 4) is 0 Å². The van der Waals surface area contributed by atoms with E-state index in [9.17, 15) is 4.79 Å². The Kier molecular flexibility index (Phi) is 4.44. The van der Waals surface area contributed by atoms with E-state index in [-0.39, 0.29) is 6.03 Å². The van der Waals surface area contributed by atoms with Gasteiger partial charge in [-0.05, 0) is 41.1 Å². The molecule has 0 spiro atoms. The lowest BCUT2D eigenvalue weighted by molar-refractivity contribution is 0.251. The first-order chi connectivity index (χ1) is 9.06. The van der Waals surface area contributed by atoms with E-state index in [0.29, 0.717) is 28.7 Å². The number of aryl methyl sites for hydroxylation is 1. The number of nitrogens with one attached hydrogen (secondary N) is 2. The van der Waals surface area contributed by atoms with Crippen molar-refractivity contribution in [2.45, 2.75) is 13.5 Å². The van der Waals surface area contributed by atoms with Gasteiger partial charge in [0.25, 0.3) is 0 Å². The van der Waals surface area contributed by atoms with E-state index in [1.807, 2.05) is 0 Å². The molecule has 1 heterocycles. The van der Waals surface area contributed by atoms with Crippen molar-refractivity contribution in [2.75, 3.05) is 5.32 Å². The van der Waals surface area contributed by atoms with Crippen LogP contribution >= 0.6 is 27.5 Å². The first-order valence-electron chi connectivity index (χ1n) is 5.45. The second kappa shape index (κ2) is 6.08. The molecule has 2 rings (SSSR count). The normalized spacial score (nSPS) is 10.3. The van der Waals surface area contributed by atoms with Gasteiger partial charge in [0, 0.05) is 10.2 Å². The highest BCUT2D eigenvalue weighted by atomic mass is 79.9. The van der Waals surface area contributed by atoms with Crippen LogP contribution < -0.4 is 10.6 Å². The van der Waals surface area contributed by atoms with Gasteiger partial charge in [-0.15, -0.1) is 0 Å². The number of rotatable bonds is 3. The van der Waals surface area contributed by atoms with Crippen molar-refractivity contribution in [1.82, 2.24) is 10.3 Å². The molecular weight excluding hydrogens is 334 g/mol. The Morgan fingerprint density at radius 3 is 2.95 bits per heavy atom. The van der Waals surface area contributed by atoms with Gasteiger partial charge in [0.1, 0.15) is 11.5 Å². The lowest BCUT2D eigenvalue weighted by Gasteiger charge is -2.07. The SMILES string of the molecule is Cc1ocnc1CNC(=O)Nc1ccc(Br)c(Cl)c1. The van der Waals surface area contributed by atoms with E-state index in [2.05, 4.69) is 31.5 Å². The van der Waals surface area contributed by atoms with Gasteiger partial charge >= 0.3 is 6.03 Å². The third-order valence-electron chi connectivity index (χ3n) is 2.44. The van der Waals surface area contributed by atoms with Crippen molar-refractivity contribution in [1.29, 1.82) is 0 Å². The molecule has 19 heavy (non-hydrogen) atoms. The molecule has 0 aliphatic rings. The lowest BCUT2D eigenvalue weighted by Crippen LogP contribution is -2.28. The number of carbonyl (C=O) groups excluding carboxylic acids is 1. The van der Waals surface area contributed by atoms with Gasteiger partial charge in [0.2, 0.25) is 0 Å². The van der Waals surface area contributed by atoms with Gasteiger partial charge in [-0.1, -0.05) is 11.6 Å². The summed E-state index contributed by atoms with van der Waals surface area (Å²) in [6, 6.07) is 4.84. The number of nitrogens with zero attached hydrogens (tertiary/aromatic N) is 1. The van der Waals surface area contributed by atoms with Crippen LogP contribution in [0.25, 0.3) is 0 Å². The predicted molar refractivity (Wildman–Crippen MR) is 76.3 cm³/mol. The number of halogens is 2. The Balaban J connectivity index is 1.91. The van der Waals surface area contributed by atoms with Crippen LogP contribution in [-0.2, 0) is 6.54 Å². The summed E-state index contributed by atoms with van der Waals surface area (Å²) in [7, 11) is 0. The molecule has 2 amide bonds. The Hall–Kier alpha value is -1.53. The van der Waals surface area contributed by atoms with Crippen LogP contribution in [0.3, 0.4) is 0 Å². The Morgan fingerprint density at radius 1 is 1.53 bits per heavy atom. The van der Waals surface area contributed by atoms with Crippen LogP contribution in [0.5, 0.6) is 0 Å². The van der Waals surface area contributed by atoms with Crippen LogP contribution in [0.2, 0.25) is 5.02 Å². The molecule has 0 fully saturated rings. The second-order valence-corrected chi connectivity index (χ2v) is 5.05. The number of hydrogen-bond donors (Lipinski definition) is 2. The Bertz CT molecular complexity index is 600. The van der Waals surface area contributed by atoms with E-state index in [1.54, 1.807) is 25.1 Å². The number of hydrogen-bond acceptors (Lipinski definition) is 3. The van der Waals surface area contributed by atoms with Crippen molar-refractivity contribution in [2.24, 2.45) is 0 Å². The summed E-state index contributed by atoms with van der Waals surface area (Å²) in [6.45, 7) is 2.09. The third-order valence-corrected chi connectivity index (χ3v) is 3.67. The molecule has 5 nitrogen and oxygen atoms in total. The quantitative estimate of drug-likeness (QED) is 0.891. The van der Waals surface area contributed by atoms with Gasteiger partial charge in [0.15, 0.2) is 6.39 Å². The van der Waals surface area contributed by atoms with Crippen molar-refractivity contribution < 1.29 is 9.21 Å². The van der Waals surface area contributed by atoms with Gasteiger partial charge in [-0.2, -0.15) is 0 Å². The standard InChI is InChI=1S/C12H11BrClN3O2/c1-7-11(16-6-19-7)5-15-12(18)17-8-2-3-9(13)10(14)4-8/h2-4,6H,5H2,1H3,(H2,15,17,18). The highest BCUT2D eigenvalue weighted by molar-refractivity contribution is 9.10. The topological polar surface area (TPSA) is 67.2 Å². The zero-order valence-corrected chi connectivity index (χ0v) is 12.4. The fourth-order valence-electron chi connectivity index (χ4n) is 1.41. The van der Waals surface area contributed by atoms with Gasteiger partial charge in [-0.3, -0.25) is 0 Å². The first-order valence-corrected chi connectivity index (χ1v) is 6.62. The zero-order chi connectivity index (χ0) is 13.8. The van der Waals surface area contributed by atoms with Crippen LogP contribution in [0.4, 0.5) is 10.5 Å². The Labute approximate surface area is 123 Å². The first kappa shape index (κ1) is 13.9. The summed E-state index contributed by atoms with van der Waals surface area (Å²) in [5, 5.41) is 5.89. The van der Waals surface area contributed by atoms with Crippen molar-refractivity contribution in [3.63, 3.8) is 0 Å². The summed E-state index contributed by atoms with van der Waals surface area (Å²) in [5.74, 6) is 0.687. The number of benzene rings is 1. The van der Waals surface area contributed by atoms with E-state index >= 15 is 0 Å². The smallest absolute Gasteiger partial charge is 0.319 e. The number of aromatic nitrogens is 1. The van der Waals surface area contributed by atoms with Gasteiger partial charge in [-0.25, -0.2) is 9.78 Å². The number of urea groups is 1. The molecule has 0 unspecified atom stereocenters. The zero-order valence-electron chi connectivity index (χ0n) is 10.0. The lowest BCUT2D eigenvalue weighted by atomic mass is 10.3. The maximum atomic E-state index is 11.7. The van der Waals surface area contributed by atoms with Crippen molar-refractivity contribution >= 4 is 39.2 Å². The van der Waals surface area contributed by atoms with Crippen molar-refractivity contribution in [3.05, 3.63) is 45.5 Å². The molecule has 0 saturated heterocycles. The molecule has 7 heteroatoms. The molecule has 0 radical (unpaired) electrons. The molecule has 1 aromatic heterocycles. The minimum Gasteiger partial charge on any atom is -0.448 e. The van der Waals surface area contributed by atoms with Gasteiger partial charge in [0.05, 0.1) is 11.6 Å². The van der Waals surface area contributed by atoms with E-state index in [4.69, 9.17) is 16.0 Å². The molecular formula is C12H11BrClN3O2. The summed E-state index contributed by atoms with van der Waals surface area (Å²) >= 11 is 9.22. The number of carbonyl (C=O) groups is 1. The number of amides is 2. The monoisotopic (exact) mass is 343 g/mol. The molecule has 0 aliphatic heterocycles. The van der Waals surface area contributed by atoms with E-state index < -0.39 is 0 Å². The fourth-order valence-corrected chi connectivity index (χ4v) is 1.84. The molecule has 0 aliphatic carbocycles. The summed E-state index contributed by atoms with van der Waals surface area (Å²) < 4.78 is 5.81. The molecule has 1 aromatic carbocycles. The predicted octanol–water partition coefficient (Wildman–Crippen LogP) is 3.72. The molecule has 2 aromatic rings. The molecule has 0 atom stereocenters. The summed E-state index contributed by atoms with van der Waals surface area (Å²) in [6.07, 6.45) is 1.35. The third kappa shape index (κ3) is 3.71. The minimum absolute atomic E-state index is 0.304. The average molecular weight is 345 g/mol. The van der Waals surface area contributed by atoms with Crippen LogP contribution in [0, 0.1) is 6.92 Å². The maximum absolute atomic E-state index is 11.7. The second-order valence-electron chi connectivity index (χ2n) is 3.79. The van der Waals surface area contributed by atoms with Crippen LogP contribution in [0.15, 0.2) is 33.5 Å². The van der Waals surface area contributed by atoms with Gasteiger partial charge < -0.3 is 15.1 Å². The largest absolute Gasteiger partial charge is 0.448 e. The molecule has 0 bridgehead atoms. The molecule has 0 saturated carbocycles. The summed E-state index contributed by atoms with van der Waals surface area (Å²) in [4.78, 5) is 15.7. The van der Waals surface area contributed by atoms with E-state index in [1.165, 1.54) is 6.39 Å². The number of oxazole rings is 1. The molecule has 100 valence electrons. The maximum Gasteiger partial charge on any atom is 0.319 e. The molecule has 2 N–H and O–H groups in total. The van der Waals surface area contributed by atoms with Crippen LogP contribution in [-0.4, -0.2) is 11.0 Å². The highest BCUT2D eigenvalue weighted by Crippen LogP contribution is 2.25. The van der Waals surface area contributed by atoms with E-state index in [0.717, 1.165) is 4.47 Å². The Morgan fingerprint density at radius 2 is 2.32 bits per heavy atom. The number of anilines is 1. The average Bonchev–Trinajstić information content (AvgIpc) is 2.77. The highest BCUT2D eigenvalue weighted by Gasteiger charge is 2.07. The minimum atomic E-state index is -0.333. The summed E-state index contributed by atoms with van der Waals surface area (Å²) in [5.41, 5.74) is 1.31. The van der Waals surface area contributed by atoms with Crippen LogP contribution in [0.1, 0.15) is 11.5 Å².